The molecule has 0 fully saturated rings. The van der Waals surface area contributed by atoms with Gasteiger partial charge >= 0.3 is 5.69 Å². The normalized spacial score (nSPS) is 13.3. The summed E-state index contributed by atoms with van der Waals surface area (Å²) in [6.07, 6.45) is 0.577. The minimum Gasteiger partial charge on any atom is -0.501 e. The molecule has 0 bridgehead atoms. The Morgan fingerprint density at radius 3 is 2.75 bits per heavy atom. The first-order chi connectivity index (χ1) is 7.56. The number of nitro groups is 1. The monoisotopic (exact) mass is 218 g/mol. The third kappa shape index (κ3) is 1.22. The SMILES string of the molecule is N#Cc1c(O)c([N+](=O)[O-])cc2c1CCC2=O. The second kappa shape index (κ2) is 3.31. The predicted octanol–water partition coefficient (Wildman–Crippen LogP) is 1.30. The van der Waals surface area contributed by atoms with Crippen LogP contribution in [-0.4, -0.2) is 15.8 Å². The lowest BCUT2D eigenvalue weighted by Crippen LogP contribution is -1.98. The molecule has 80 valence electrons. The molecule has 16 heavy (non-hydrogen) atoms. The lowest BCUT2D eigenvalue weighted by atomic mass is 10.0. The highest BCUT2D eigenvalue weighted by atomic mass is 16.6. The van der Waals surface area contributed by atoms with E-state index >= 15 is 0 Å². The van der Waals surface area contributed by atoms with E-state index in [1.54, 1.807) is 6.07 Å². The molecule has 0 amide bonds. The minimum absolute atomic E-state index is 0.157. The number of nitriles is 1. The molecule has 2 rings (SSSR count). The van der Waals surface area contributed by atoms with Crippen LogP contribution in [0.5, 0.6) is 5.75 Å². The molecule has 0 saturated carbocycles. The molecule has 0 atom stereocenters. The van der Waals surface area contributed by atoms with E-state index in [0.29, 0.717) is 12.0 Å². The van der Waals surface area contributed by atoms with E-state index in [9.17, 15) is 20.0 Å². The van der Waals surface area contributed by atoms with E-state index < -0.39 is 16.4 Å². The zero-order valence-corrected chi connectivity index (χ0v) is 8.06. The fourth-order valence-corrected chi connectivity index (χ4v) is 1.84. The number of Topliss-reactive ketones (excluding diaryl/α,β-unsaturated/α-hetero) is 1. The summed E-state index contributed by atoms with van der Waals surface area (Å²) >= 11 is 0. The van der Waals surface area contributed by atoms with Crippen LogP contribution in [0.3, 0.4) is 0 Å². The fraction of sp³-hybridized carbons (Fsp3) is 0.200. The highest BCUT2D eigenvalue weighted by Gasteiger charge is 2.30. The van der Waals surface area contributed by atoms with Crippen LogP contribution >= 0.6 is 0 Å². The molecular formula is C10H6N2O4. The van der Waals surface area contributed by atoms with Gasteiger partial charge in [-0.05, 0) is 12.0 Å². The van der Waals surface area contributed by atoms with E-state index in [-0.39, 0.29) is 23.3 Å². The van der Waals surface area contributed by atoms with Gasteiger partial charge in [0.15, 0.2) is 5.78 Å². The van der Waals surface area contributed by atoms with Gasteiger partial charge in [-0.25, -0.2) is 0 Å². The molecule has 0 aliphatic heterocycles. The number of phenolic OH excluding ortho intramolecular Hbond substituents is 1. The van der Waals surface area contributed by atoms with Gasteiger partial charge in [-0.1, -0.05) is 0 Å². The predicted molar refractivity (Wildman–Crippen MR) is 52.1 cm³/mol. The number of fused-ring (bicyclic) bond motifs is 1. The summed E-state index contributed by atoms with van der Waals surface area (Å²) in [7, 11) is 0. The number of nitro benzene ring substituents is 1. The number of hydrogen-bond donors (Lipinski definition) is 1. The second-order valence-electron chi connectivity index (χ2n) is 3.44. The Bertz CT molecular complexity index is 556. The Hall–Kier alpha value is -2.42. The maximum absolute atomic E-state index is 11.4. The van der Waals surface area contributed by atoms with Gasteiger partial charge in [0.2, 0.25) is 5.75 Å². The smallest absolute Gasteiger partial charge is 0.312 e. The molecule has 0 heterocycles. The number of rotatable bonds is 1. The van der Waals surface area contributed by atoms with Crippen molar-refractivity contribution in [3.05, 3.63) is 32.9 Å². The third-order valence-corrected chi connectivity index (χ3v) is 2.60. The van der Waals surface area contributed by atoms with Gasteiger partial charge in [0, 0.05) is 18.1 Å². The number of benzene rings is 1. The van der Waals surface area contributed by atoms with Crippen molar-refractivity contribution < 1.29 is 14.8 Å². The number of carbonyl (C=O) groups is 1. The second-order valence-corrected chi connectivity index (χ2v) is 3.44. The largest absolute Gasteiger partial charge is 0.501 e. The molecule has 1 aromatic carbocycles. The standard InChI is InChI=1S/C10H6N2O4/c11-4-7-5-1-2-9(13)6(5)3-8(10(7)14)12(15)16/h3,14H,1-2H2. The number of phenols is 1. The van der Waals surface area contributed by atoms with Gasteiger partial charge in [-0.15, -0.1) is 0 Å². The Balaban J connectivity index is 2.81. The number of hydrogen-bond acceptors (Lipinski definition) is 5. The van der Waals surface area contributed by atoms with Crippen molar-refractivity contribution >= 4 is 11.5 Å². The van der Waals surface area contributed by atoms with Crippen molar-refractivity contribution in [3.8, 4) is 11.8 Å². The molecule has 0 unspecified atom stereocenters. The zero-order chi connectivity index (χ0) is 11.9. The summed E-state index contributed by atoms with van der Waals surface area (Å²) in [4.78, 5) is 21.2. The molecule has 6 nitrogen and oxygen atoms in total. The molecule has 0 aromatic heterocycles. The Morgan fingerprint density at radius 2 is 2.19 bits per heavy atom. The van der Waals surface area contributed by atoms with Gasteiger partial charge in [0.05, 0.1) is 4.92 Å². The van der Waals surface area contributed by atoms with E-state index in [4.69, 9.17) is 5.26 Å². The highest BCUT2D eigenvalue weighted by Crippen LogP contribution is 2.38. The van der Waals surface area contributed by atoms with Crippen LogP contribution in [0.15, 0.2) is 6.07 Å². The maximum Gasteiger partial charge on any atom is 0.312 e. The lowest BCUT2D eigenvalue weighted by Gasteiger charge is -2.03. The molecular weight excluding hydrogens is 212 g/mol. The number of carbonyl (C=O) groups excluding carboxylic acids is 1. The van der Waals surface area contributed by atoms with E-state index in [0.717, 1.165) is 6.07 Å². The summed E-state index contributed by atoms with van der Waals surface area (Å²) in [5.41, 5.74) is -0.155. The first-order valence-electron chi connectivity index (χ1n) is 4.52. The summed E-state index contributed by atoms with van der Waals surface area (Å²) in [6, 6.07) is 2.75. The van der Waals surface area contributed by atoms with Crippen LogP contribution in [0.1, 0.15) is 27.9 Å². The van der Waals surface area contributed by atoms with E-state index in [2.05, 4.69) is 0 Å². The molecule has 0 saturated heterocycles. The molecule has 1 aliphatic rings. The number of nitrogens with zero attached hydrogens (tertiary/aromatic N) is 2. The van der Waals surface area contributed by atoms with Crippen molar-refractivity contribution in [2.75, 3.05) is 0 Å². The number of aromatic hydroxyl groups is 1. The Kier molecular flexibility index (Phi) is 2.09. The van der Waals surface area contributed by atoms with Gasteiger partial charge in [0.25, 0.3) is 0 Å². The first kappa shape index (κ1) is 10.1. The Morgan fingerprint density at radius 1 is 1.50 bits per heavy atom. The third-order valence-electron chi connectivity index (χ3n) is 2.60. The number of ketones is 1. The topological polar surface area (TPSA) is 104 Å². The van der Waals surface area contributed by atoms with Gasteiger partial charge < -0.3 is 5.11 Å². The molecule has 1 aromatic rings. The van der Waals surface area contributed by atoms with E-state index in [1.807, 2.05) is 0 Å². The summed E-state index contributed by atoms with van der Waals surface area (Å²) < 4.78 is 0. The van der Waals surface area contributed by atoms with Gasteiger partial charge in [0.1, 0.15) is 11.6 Å². The highest BCUT2D eigenvalue weighted by molar-refractivity contribution is 6.02. The van der Waals surface area contributed by atoms with Crippen LogP contribution in [0, 0.1) is 21.4 Å². The van der Waals surface area contributed by atoms with Crippen molar-refractivity contribution in [1.82, 2.24) is 0 Å². The lowest BCUT2D eigenvalue weighted by molar-refractivity contribution is -0.385. The molecule has 1 N–H and O–H groups in total. The molecule has 0 radical (unpaired) electrons. The fourth-order valence-electron chi connectivity index (χ4n) is 1.84. The molecule has 1 aliphatic carbocycles. The van der Waals surface area contributed by atoms with Crippen molar-refractivity contribution in [2.24, 2.45) is 0 Å². The first-order valence-corrected chi connectivity index (χ1v) is 4.52. The quantitative estimate of drug-likeness (QED) is 0.565. The molecule has 6 heteroatoms. The zero-order valence-electron chi connectivity index (χ0n) is 8.06. The van der Waals surface area contributed by atoms with Crippen LogP contribution in [0.25, 0.3) is 0 Å². The average Bonchev–Trinajstić information content (AvgIpc) is 2.59. The minimum atomic E-state index is -0.804. The Labute approximate surface area is 89.9 Å². The van der Waals surface area contributed by atoms with Crippen molar-refractivity contribution in [1.29, 1.82) is 5.26 Å². The van der Waals surface area contributed by atoms with Gasteiger partial charge in [-0.3, -0.25) is 14.9 Å². The van der Waals surface area contributed by atoms with Gasteiger partial charge in [-0.2, -0.15) is 5.26 Å². The summed E-state index contributed by atoms with van der Waals surface area (Å²) in [5.74, 6) is -0.879. The maximum atomic E-state index is 11.4. The van der Waals surface area contributed by atoms with Crippen LogP contribution in [-0.2, 0) is 6.42 Å². The average molecular weight is 218 g/mol. The van der Waals surface area contributed by atoms with E-state index in [1.165, 1.54) is 0 Å². The summed E-state index contributed by atoms with van der Waals surface area (Å²) in [5, 5.41) is 29.0. The van der Waals surface area contributed by atoms with Crippen molar-refractivity contribution in [2.45, 2.75) is 12.8 Å². The van der Waals surface area contributed by atoms with Crippen LogP contribution in [0.4, 0.5) is 5.69 Å². The van der Waals surface area contributed by atoms with Crippen LogP contribution < -0.4 is 0 Å². The molecule has 0 spiro atoms. The summed E-state index contributed by atoms with van der Waals surface area (Å²) in [6.45, 7) is 0. The van der Waals surface area contributed by atoms with Crippen molar-refractivity contribution in [3.63, 3.8) is 0 Å². The van der Waals surface area contributed by atoms with Crippen LogP contribution in [0.2, 0.25) is 0 Å².